The van der Waals surface area contributed by atoms with Gasteiger partial charge in [-0.15, -0.1) is 0 Å². The van der Waals surface area contributed by atoms with Gasteiger partial charge >= 0.3 is 0 Å². The Morgan fingerprint density at radius 1 is 1.16 bits per heavy atom. The van der Waals surface area contributed by atoms with Gasteiger partial charge < -0.3 is 5.73 Å². The fourth-order valence-corrected chi connectivity index (χ4v) is 5.85. The first-order chi connectivity index (χ1) is 9.13. The van der Waals surface area contributed by atoms with Gasteiger partial charge in [-0.05, 0) is 85.4 Å². The number of nitrogens with two attached hydrogens (primary N) is 1. The van der Waals surface area contributed by atoms with Crippen LogP contribution in [0, 0.1) is 23.1 Å². The molecule has 4 aliphatic carbocycles. The van der Waals surface area contributed by atoms with Gasteiger partial charge in [0.05, 0.1) is 0 Å². The van der Waals surface area contributed by atoms with Gasteiger partial charge in [0.25, 0.3) is 0 Å². The van der Waals surface area contributed by atoms with Gasteiger partial charge in [-0.2, -0.15) is 0 Å². The molecule has 0 aliphatic heterocycles. The summed E-state index contributed by atoms with van der Waals surface area (Å²) in [6.45, 7) is 0.817. The van der Waals surface area contributed by atoms with Crippen LogP contribution in [0.5, 0.6) is 0 Å². The van der Waals surface area contributed by atoms with Crippen LogP contribution < -0.4 is 5.73 Å². The summed E-state index contributed by atoms with van der Waals surface area (Å²) in [5.74, 6) is 1.57. The molecule has 0 aromatic heterocycles. The van der Waals surface area contributed by atoms with Gasteiger partial charge in [-0.3, -0.25) is 0 Å². The lowest BCUT2D eigenvalue weighted by Gasteiger charge is -2.62. The van der Waals surface area contributed by atoms with E-state index in [0.717, 1.165) is 18.4 Å². The molecule has 2 atom stereocenters. The Labute approximate surface area is 114 Å². The van der Waals surface area contributed by atoms with E-state index in [4.69, 9.17) is 5.73 Å². The summed E-state index contributed by atoms with van der Waals surface area (Å²) in [5, 5.41) is 0. The maximum absolute atomic E-state index is 13.6. The molecule has 4 bridgehead atoms. The highest BCUT2D eigenvalue weighted by Crippen LogP contribution is 2.65. The van der Waals surface area contributed by atoms with Gasteiger partial charge in [0, 0.05) is 0 Å². The summed E-state index contributed by atoms with van der Waals surface area (Å²) < 4.78 is 13.6. The van der Waals surface area contributed by atoms with Crippen molar-refractivity contribution in [3.63, 3.8) is 0 Å². The van der Waals surface area contributed by atoms with Crippen LogP contribution in [0.3, 0.4) is 0 Å². The second-order valence-electron chi connectivity index (χ2n) is 7.46. The van der Waals surface area contributed by atoms with Crippen LogP contribution in [0.2, 0.25) is 0 Å². The van der Waals surface area contributed by atoms with Crippen LogP contribution in [-0.4, -0.2) is 6.54 Å². The molecule has 0 saturated heterocycles. The lowest BCUT2D eigenvalue weighted by molar-refractivity contribution is -0.0667. The minimum Gasteiger partial charge on any atom is -0.330 e. The van der Waals surface area contributed by atoms with E-state index in [1.54, 1.807) is 12.1 Å². The number of halogens is 1. The monoisotopic (exact) mass is 259 g/mol. The van der Waals surface area contributed by atoms with Crippen molar-refractivity contribution in [1.29, 1.82) is 0 Å². The van der Waals surface area contributed by atoms with Gasteiger partial charge in [0.1, 0.15) is 5.82 Å². The molecule has 0 heterocycles. The molecule has 2 heteroatoms. The van der Waals surface area contributed by atoms with Crippen molar-refractivity contribution >= 4 is 0 Å². The maximum Gasteiger partial charge on any atom is 0.123 e. The topological polar surface area (TPSA) is 26.0 Å². The molecule has 0 amide bonds. The first kappa shape index (κ1) is 11.9. The predicted octanol–water partition coefficient (Wildman–Crippen LogP) is 3.62. The quantitative estimate of drug-likeness (QED) is 0.862. The van der Waals surface area contributed by atoms with E-state index in [-0.39, 0.29) is 11.2 Å². The van der Waals surface area contributed by atoms with Crippen LogP contribution in [-0.2, 0) is 5.41 Å². The Kier molecular flexibility index (Phi) is 2.39. The van der Waals surface area contributed by atoms with E-state index in [1.165, 1.54) is 44.1 Å². The zero-order valence-corrected chi connectivity index (χ0v) is 11.4. The molecular formula is C17H22FN. The van der Waals surface area contributed by atoms with Gasteiger partial charge in [0.15, 0.2) is 0 Å². The van der Waals surface area contributed by atoms with Crippen molar-refractivity contribution in [3.8, 4) is 0 Å². The highest BCUT2D eigenvalue weighted by Gasteiger charge is 2.57. The predicted molar refractivity (Wildman–Crippen MR) is 74.2 cm³/mol. The molecule has 2 unspecified atom stereocenters. The maximum atomic E-state index is 13.6. The van der Waals surface area contributed by atoms with E-state index in [9.17, 15) is 4.39 Å². The summed E-state index contributed by atoms with van der Waals surface area (Å²) in [5.41, 5.74) is 7.94. The molecule has 19 heavy (non-hydrogen) atoms. The van der Waals surface area contributed by atoms with Crippen molar-refractivity contribution in [2.75, 3.05) is 6.54 Å². The molecule has 1 nitrogen and oxygen atoms in total. The van der Waals surface area contributed by atoms with Crippen LogP contribution in [0.15, 0.2) is 24.3 Å². The molecule has 0 spiro atoms. The molecule has 4 saturated carbocycles. The van der Waals surface area contributed by atoms with Crippen LogP contribution in [0.1, 0.15) is 44.1 Å². The molecule has 5 rings (SSSR count). The third-order valence-corrected chi connectivity index (χ3v) is 6.05. The Morgan fingerprint density at radius 2 is 1.89 bits per heavy atom. The normalized spacial score (nSPS) is 43.7. The van der Waals surface area contributed by atoms with Crippen molar-refractivity contribution in [1.82, 2.24) is 0 Å². The van der Waals surface area contributed by atoms with Gasteiger partial charge in [-0.25, -0.2) is 4.39 Å². The Hall–Kier alpha value is -0.890. The van der Waals surface area contributed by atoms with E-state index >= 15 is 0 Å². The summed E-state index contributed by atoms with van der Waals surface area (Å²) in [6.07, 6.45) is 7.73. The fourth-order valence-electron chi connectivity index (χ4n) is 5.85. The number of rotatable bonds is 2. The zero-order chi connectivity index (χ0) is 13.1. The summed E-state index contributed by atoms with van der Waals surface area (Å²) >= 11 is 0. The summed E-state index contributed by atoms with van der Waals surface area (Å²) in [4.78, 5) is 0. The molecular weight excluding hydrogens is 237 g/mol. The van der Waals surface area contributed by atoms with E-state index < -0.39 is 0 Å². The summed E-state index contributed by atoms with van der Waals surface area (Å²) in [7, 11) is 0. The van der Waals surface area contributed by atoms with Crippen LogP contribution in [0.4, 0.5) is 4.39 Å². The number of hydrogen-bond acceptors (Lipinski definition) is 1. The molecule has 4 aliphatic rings. The number of benzene rings is 1. The minimum absolute atomic E-state index is 0.0879. The van der Waals surface area contributed by atoms with Crippen molar-refractivity contribution < 1.29 is 4.39 Å². The molecule has 0 radical (unpaired) electrons. The van der Waals surface area contributed by atoms with E-state index in [1.807, 2.05) is 6.07 Å². The highest BCUT2D eigenvalue weighted by atomic mass is 19.1. The third kappa shape index (κ3) is 1.69. The highest BCUT2D eigenvalue weighted by molar-refractivity contribution is 5.31. The third-order valence-electron chi connectivity index (χ3n) is 6.05. The summed E-state index contributed by atoms with van der Waals surface area (Å²) in [6, 6.07) is 7.35. The van der Waals surface area contributed by atoms with E-state index in [2.05, 4.69) is 6.07 Å². The lowest BCUT2D eigenvalue weighted by atomic mass is 9.43. The van der Waals surface area contributed by atoms with Crippen molar-refractivity contribution in [2.24, 2.45) is 23.0 Å². The van der Waals surface area contributed by atoms with Crippen LogP contribution in [0.25, 0.3) is 0 Å². The van der Waals surface area contributed by atoms with Gasteiger partial charge in [0.2, 0.25) is 0 Å². The Balaban J connectivity index is 1.78. The smallest absolute Gasteiger partial charge is 0.123 e. The van der Waals surface area contributed by atoms with E-state index in [0.29, 0.717) is 5.41 Å². The second kappa shape index (κ2) is 3.82. The first-order valence-corrected chi connectivity index (χ1v) is 7.59. The molecule has 102 valence electrons. The molecule has 2 N–H and O–H groups in total. The second-order valence-corrected chi connectivity index (χ2v) is 7.46. The Morgan fingerprint density at radius 3 is 2.53 bits per heavy atom. The van der Waals surface area contributed by atoms with Crippen molar-refractivity contribution in [2.45, 2.75) is 43.9 Å². The fraction of sp³-hybridized carbons (Fsp3) is 0.647. The first-order valence-electron chi connectivity index (χ1n) is 7.59. The molecule has 4 fully saturated rings. The zero-order valence-electron chi connectivity index (χ0n) is 11.4. The average Bonchev–Trinajstić information content (AvgIpc) is 2.37. The molecule has 1 aromatic rings. The largest absolute Gasteiger partial charge is 0.330 e. The Bertz CT molecular complexity index is 496. The average molecular weight is 259 g/mol. The number of hydrogen-bond donors (Lipinski definition) is 1. The van der Waals surface area contributed by atoms with Crippen LogP contribution >= 0.6 is 0 Å². The lowest BCUT2D eigenvalue weighted by Crippen LogP contribution is -2.56. The van der Waals surface area contributed by atoms with Gasteiger partial charge in [-0.1, -0.05) is 12.1 Å². The molecule has 1 aromatic carbocycles. The minimum atomic E-state index is -0.0879. The SMILES string of the molecule is NCC12CC3CC(C1)CC(c1cccc(F)c1)(C3)C2. The standard InChI is InChI=1S/C17H22FN/c18-15-3-1-2-14(5-15)17-8-12-4-13(9-17)7-16(6-12,10-17)11-19/h1-3,5,12-13H,4,6-11,19H2. The van der Waals surface area contributed by atoms with Crippen molar-refractivity contribution in [3.05, 3.63) is 35.6 Å².